The number of nitrogens with one attached hydrogen (secondary N) is 1. The monoisotopic (exact) mass is 283 g/mol. The molecule has 0 heterocycles. The molecule has 0 spiro atoms. The quantitative estimate of drug-likeness (QED) is 0.781. The maximum atomic E-state index is 5.93. The maximum Gasteiger partial charge on any atom is 0.0435 e. The summed E-state index contributed by atoms with van der Waals surface area (Å²) in [5, 5.41) is 4.32. The first-order chi connectivity index (χ1) is 9.70. The molecule has 0 bridgehead atoms. The van der Waals surface area contributed by atoms with E-state index in [4.69, 9.17) is 18.0 Å². The second-order valence-corrected chi connectivity index (χ2v) is 5.25. The fourth-order valence-electron chi connectivity index (χ4n) is 2.23. The third kappa shape index (κ3) is 3.87. The van der Waals surface area contributed by atoms with E-state index in [0.717, 1.165) is 10.6 Å². The number of terminal acetylenes is 1. The van der Waals surface area contributed by atoms with Gasteiger partial charge in [-0.05, 0) is 30.2 Å². The van der Waals surface area contributed by atoms with Crippen LogP contribution in [0.25, 0.3) is 0 Å². The standard InChI is InChI=1S/C18H18ClN/c1-3-7-18(16-10-12-17(19)13-11-16)20-14(2)15-8-5-4-6-9-15/h1,4-6,8-14,18,20H,7H2,2H3/t14-,18-/m1/s1. The van der Waals surface area contributed by atoms with E-state index in [1.54, 1.807) is 0 Å². The SMILES string of the molecule is C#CC[C@@H](N[C@H](C)c1ccccc1)c1ccc(Cl)cc1. The summed E-state index contributed by atoms with van der Waals surface area (Å²) in [4.78, 5) is 0. The molecule has 0 aliphatic heterocycles. The molecule has 102 valence electrons. The van der Waals surface area contributed by atoms with Crippen molar-refractivity contribution in [3.05, 3.63) is 70.7 Å². The molecule has 0 aliphatic rings. The lowest BCUT2D eigenvalue weighted by Gasteiger charge is -2.22. The molecule has 1 N–H and O–H groups in total. The summed E-state index contributed by atoms with van der Waals surface area (Å²) in [6.07, 6.45) is 6.15. The Balaban J connectivity index is 2.14. The minimum atomic E-state index is 0.132. The molecule has 0 aromatic heterocycles. The molecule has 2 aromatic rings. The zero-order valence-corrected chi connectivity index (χ0v) is 12.3. The highest BCUT2D eigenvalue weighted by Crippen LogP contribution is 2.23. The lowest BCUT2D eigenvalue weighted by Crippen LogP contribution is -2.24. The molecule has 0 saturated carbocycles. The first-order valence-electron chi connectivity index (χ1n) is 6.70. The molecule has 0 saturated heterocycles. The van der Waals surface area contributed by atoms with E-state index in [2.05, 4.69) is 30.3 Å². The van der Waals surface area contributed by atoms with Crippen LogP contribution in [-0.2, 0) is 0 Å². The van der Waals surface area contributed by atoms with Crippen molar-refractivity contribution in [2.75, 3.05) is 0 Å². The average molecular weight is 284 g/mol. The van der Waals surface area contributed by atoms with Crippen molar-refractivity contribution in [1.29, 1.82) is 0 Å². The summed E-state index contributed by atoms with van der Waals surface area (Å²) in [5.74, 6) is 2.74. The summed E-state index contributed by atoms with van der Waals surface area (Å²) in [6, 6.07) is 18.6. The van der Waals surface area contributed by atoms with Crippen LogP contribution in [0.5, 0.6) is 0 Å². The van der Waals surface area contributed by atoms with Crippen LogP contribution in [0.15, 0.2) is 54.6 Å². The second kappa shape index (κ2) is 7.14. The predicted molar refractivity (Wildman–Crippen MR) is 85.6 cm³/mol. The summed E-state index contributed by atoms with van der Waals surface area (Å²) >= 11 is 5.93. The summed E-state index contributed by atoms with van der Waals surface area (Å²) in [5.41, 5.74) is 2.42. The van der Waals surface area contributed by atoms with Crippen LogP contribution in [0.2, 0.25) is 5.02 Å². The average Bonchev–Trinajstić information content (AvgIpc) is 2.48. The molecule has 0 fully saturated rings. The molecule has 1 nitrogen and oxygen atoms in total. The molecular weight excluding hydrogens is 266 g/mol. The number of hydrogen-bond acceptors (Lipinski definition) is 1. The van der Waals surface area contributed by atoms with Gasteiger partial charge in [0.2, 0.25) is 0 Å². The Bertz CT molecular complexity index is 569. The minimum Gasteiger partial charge on any atom is -0.302 e. The Morgan fingerprint density at radius 3 is 2.30 bits per heavy atom. The van der Waals surface area contributed by atoms with Crippen LogP contribution in [0.4, 0.5) is 0 Å². The van der Waals surface area contributed by atoms with E-state index >= 15 is 0 Å². The molecule has 2 atom stereocenters. The van der Waals surface area contributed by atoms with Crippen molar-refractivity contribution >= 4 is 11.6 Å². The highest BCUT2D eigenvalue weighted by Gasteiger charge is 2.14. The third-order valence-corrected chi connectivity index (χ3v) is 3.60. The van der Waals surface area contributed by atoms with Gasteiger partial charge in [-0.1, -0.05) is 54.1 Å². The Labute approximate surface area is 126 Å². The van der Waals surface area contributed by atoms with Gasteiger partial charge >= 0.3 is 0 Å². The predicted octanol–water partition coefficient (Wildman–Crippen LogP) is 4.76. The van der Waals surface area contributed by atoms with Gasteiger partial charge in [0.25, 0.3) is 0 Å². The smallest absolute Gasteiger partial charge is 0.0435 e. The largest absolute Gasteiger partial charge is 0.302 e. The van der Waals surface area contributed by atoms with Crippen LogP contribution in [0.3, 0.4) is 0 Å². The molecule has 2 aromatic carbocycles. The van der Waals surface area contributed by atoms with Crippen molar-refractivity contribution in [2.45, 2.75) is 25.4 Å². The molecule has 2 rings (SSSR count). The maximum absolute atomic E-state index is 5.93. The van der Waals surface area contributed by atoms with E-state index in [1.165, 1.54) is 5.56 Å². The summed E-state index contributed by atoms with van der Waals surface area (Å²) in [7, 11) is 0. The fraction of sp³-hybridized carbons (Fsp3) is 0.222. The van der Waals surface area contributed by atoms with E-state index in [-0.39, 0.29) is 12.1 Å². The zero-order chi connectivity index (χ0) is 14.4. The first-order valence-corrected chi connectivity index (χ1v) is 7.08. The zero-order valence-electron chi connectivity index (χ0n) is 11.5. The fourth-order valence-corrected chi connectivity index (χ4v) is 2.35. The van der Waals surface area contributed by atoms with Gasteiger partial charge in [-0.2, -0.15) is 0 Å². The van der Waals surface area contributed by atoms with Gasteiger partial charge in [-0.3, -0.25) is 0 Å². The van der Waals surface area contributed by atoms with Gasteiger partial charge < -0.3 is 5.32 Å². The van der Waals surface area contributed by atoms with Gasteiger partial charge in [0.15, 0.2) is 0 Å². The highest BCUT2D eigenvalue weighted by molar-refractivity contribution is 6.30. The minimum absolute atomic E-state index is 0.132. The van der Waals surface area contributed by atoms with Crippen molar-refractivity contribution in [2.24, 2.45) is 0 Å². The Morgan fingerprint density at radius 2 is 1.70 bits per heavy atom. The normalized spacial score (nSPS) is 13.4. The van der Waals surface area contributed by atoms with Gasteiger partial charge in [0.1, 0.15) is 0 Å². The number of benzene rings is 2. The molecule has 0 aliphatic carbocycles. The number of halogens is 1. The third-order valence-electron chi connectivity index (χ3n) is 3.35. The molecule has 0 unspecified atom stereocenters. The van der Waals surface area contributed by atoms with E-state index < -0.39 is 0 Å². The van der Waals surface area contributed by atoms with Crippen LogP contribution < -0.4 is 5.32 Å². The number of rotatable bonds is 5. The molecule has 2 heteroatoms. The lowest BCUT2D eigenvalue weighted by atomic mass is 10.0. The highest BCUT2D eigenvalue weighted by atomic mass is 35.5. The molecule has 20 heavy (non-hydrogen) atoms. The molecular formula is C18H18ClN. The summed E-state index contributed by atoms with van der Waals surface area (Å²) < 4.78 is 0. The molecule has 0 radical (unpaired) electrons. The number of hydrogen-bond donors (Lipinski definition) is 1. The van der Waals surface area contributed by atoms with Crippen LogP contribution >= 0.6 is 11.6 Å². The molecule has 0 amide bonds. The van der Waals surface area contributed by atoms with Gasteiger partial charge in [0.05, 0.1) is 0 Å². The van der Waals surface area contributed by atoms with Crippen LogP contribution in [0.1, 0.15) is 36.6 Å². The van der Waals surface area contributed by atoms with Crippen molar-refractivity contribution in [1.82, 2.24) is 5.32 Å². The van der Waals surface area contributed by atoms with Crippen molar-refractivity contribution in [3.63, 3.8) is 0 Å². The van der Waals surface area contributed by atoms with E-state index in [0.29, 0.717) is 6.42 Å². The Hall–Kier alpha value is -1.75. The van der Waals surface area contributed by atoms with Crippen LogP contribution in [-0.4, -0.2) is 0 Å². The Kier molecular flexibility index (Phi) is 5.24. The Morgan fingerprint density at radius 1 is 1.05 bits per heavy atom. The summed E-state index contributed by atoms with van der Waals surface area (Å²) in [6.45, 7) is 2.15. The van der Waals surface area contributed by atoms with Gasteiger partial charge in [0, 0.05) is 23.5 Å². The lowest BCUT2D eigenvalue weighted by molar-refractivity contribution is 0.474. The van der Waals surface area contributed by atoms with Gasteiger partial charge in [-0.25, -0.2) is 0 Å². The van der Waals surface area contributed by atoms with Crippen molar-refractivity contribution in [3.8, 4) is 12.3 Å². The van der Waals surface area contributed by atoms with Crippen LogP contribution in [0, 0.1) is 12.3 Å². The topological polar surface area (TPSA) is 12.0 Å². The van der Waals surface area contributed by atoms with E-state index in [9.17, 15) is 0 Å². The van der Waals surface area contributed by atoms with Crippen molar-refractivity contribution < 1.29 is 0 Å². The first kappa shape index (κ1) is 14.7. The van der Waals surface area contributed by atoms with E-state index in [1.807, 2.05) is 42.5 Å². The van der Waals surface area contributed by atoms with Gasteiger partial charge in [-0.15, -0.1) is 12.3 Å². The second-order valence-electron chi connectivity index (χ2n) is 4.81.